The molecule has 8 nitrogen and oxygen atoms in total. The van der Waals surface area contributed by atoms with Gasteiger partial charge in [0.1, 0.15) is 17.1 Å². The first-order chi connectivity index (χ1) is 18.4. The molecule has 0 saturated heterocycles. The van der Waals surface area contributed by atoms with Crippen molar-refractivity contribution >= 4 is 55.2 Å². The molecule has 2 amide bonds. The molecule has 188 valence electrons. The monoisotopic (exact) mass is 527 g/mol. The van der Waals surface area contributed by atoms with Crippen molar-refractivity contribution in [2.45, 2.75) is 12.5 Å². The van der Waals surface area contributed by atoms with Crippen LogP contribution in [0.4, 0.5) is 15.2 Å². The lowest BCUT2D eigenvalue weighted by molar-refractivity contribution is -0.121. The molecule has 7 rings (SSSR count). The molecule has 0 bridgehead atoms. The molecule has 38 heavy (non-hydrogen) atoms. The Kier molecular flexibility index (Phi) is 4.59. The fourth-order valence-electron chi connectivity index (χ4n) is 5.48. The minimum Gasteiger partial charge on any atom is -0.494 e. The highest BCUT2D eigenvalue weighted by atomic mass is 32.1. The largest absolute Gasteiger partial charge is 0.494 e. The van der Waals surface area contributed by atoms with Crippen molar-refractivity contribution in [1.29, 1.82) is 0 Å². The number of nitrogens with zero attached hydrogens (tertiary/aromatic N) is 3. The zero-order chi connectivity index (χ0) is 26.3. The number of benzene rings is 3. The van der Waals surface area contributed by atoms with Crippen LogP contribution in [-0.2, 0) is 10.3 Å². The molecule has 1 atom stereocenters. The molecule has 0 saturated carbocycles. The smallest absolute Gasteiger partial charge is 0.297 e. The molecule has 4 heterocycles. The average Bonchev–Trinajstić information content (AvgIpc) is 3.51. The van der Waals surface area contributed by atoms with E-state index in [1.165, 1.54) is 27.2 Å². The van der Waals surface area contributed by atoms with Crippen LogP contribution in [0.5, 0.6) is 5.75 Å². The molecule has 3 aromatic carbocycles. The summed E-state index contributed by atoms with van der Waals surface area (Å²) in [5.74, 6) is -1.43. The number of carbonyl (C=O) groups excluding carboxylic acids is 2. The number of thiazole rings is 1. The van der Waals surface area contributed by atoms with Gasteiger partial charge in [-0.3, -0.25) is 19.3 Å². The standard InChI is InChI=1S/C28H18FN3O5S/c1-3-36-15-9-10-18-21(13-15)38-27(30-18)32-25(34)24-22(23(33)16-12-14(29)8-11-20(16)37-24)28(32)17-6-4-5-7-19(17)31(2)26(28)35/h4-13H,3H2,1-2H3. The number of ether oxygens (including phenoxy) is 1. The van der Waals surface area contributed by atoms with Gasteiger partial charge in [-0.1, -0.05) is 29.5 Å². The van der Waals surface area contributed by atoms with Crippen molar-refractivity contribution < 1.29 is 23.1 Å². The number of anilines is 2. The van der Waals surface area contributed by atoms with Gasteiger partial charge < -0.3 is 14.1 Å². The molecule has 2 aromatic heterocycles. The van der Waals surface area contributed by atoms with Crippen molar-refractivity contribution in [3.8, 4) is 5.75 Å². The number of carbonyl (C=O) groups is 2. The van der Waals surface area contributed by atoms with Crippen LogP contribution in [0.3, 0.4) is 0 Å². The third kappa shape index (κ3) is 2.72. The van der Waals surface area contributed by atoms with Gasteiger partial charge in [0, 0.05) is 18.3 Å². The number of para-hydroxylation sites is 1. The summed E-state index contributed by atoms with van der Waals surface area (Å²) < 4.78 is 26.5. The summed E-state index contributed by atoms with van der Waals surface area (Å²) in [5.41, 5.74) is -1.01. The van der Waals surface area contributed by atoms with Crippen molar-refractivity contribution in [1.82, 2.24) is 4.98 Å². The van der Waals surface area contributed by atoms with Crippen molar-refractivity contribution in [2.24, 2.45) is 0 Å². The van der Waals surface area contributed by atoms with Crippen LogP contribution < -0.4 is 20.0 Å². The molecule has 1 spiro atoms. The quantitative estimate of drug-likeness (QED) is 0.334. The summed E-state index contributed by atoms with van der Waals surface area (Å²) in [5, 5.41) is 0.168. The molecule has 0 N–H and O–H groups in total. The lowest BCUT2D eigenvalue weighted by atomic mass is 9.84. The van der Waals surface area contributed by atoms with E-state index in [0.29, 0.717) is 29.1 Å². The summed E-state index contributed by atoms with van der Waals surface area (Å²) in [6, 6.07) is 15.9. The molecule has 2 aliphatic rings. The first-order valence-electron chi connectivity index (χ1n) is 11.9. The van der Waals surface area contributed by atoms with Crippen LogP contribution in [0, 0.1) is 5.82 Å². The number of fused-ring (bicyclic) bond motifs is 6. The van der Waals surface area contributed by atoms with Crippen LogP contribution in [0.1, 0.15) is 28.6 Å². The fourth-order valence-corrected chi connectivity index (χ4v) is 6.53. The van der Waals surface area contributed by atoms with Gasteiger partial charge in [-0.05, 0) is 49.4 Å². The van der Waals surface area contributed by atoms with Crippen LogP contribution in [0.2, 0.25) is 0 Å². The molecular weight excluding hydrogens is 509 g/mol. The third-order valence-corrected chi connectivity index (χ3v) is 8.07. The number of amides is 2. The van der Waals surface area contributed by atoms with Crippen molar-refractivity contribution in [2.75, 3.05) is 23.5 Å². The number of rotatable bonds is 3. The van der Waals surface area contributed by atoms with E-state index in [0.717, 1.165) is 16.8 Å². The second-order valence-electron chi connectivity index (χ2n) is 9.07. The highest BCUT2D eigenvalue weighted by Gasteiger charge is 2.65. The Morgan fingerprint density at radius 3 is 2.71 bits per heavy atom. The van der Waals surface area contributed by atoms with E-state index in [1.54, 1.807) is 43.4 Å². The van der Waals surface area contributed by atoms with Crippen molar-refractivity contribution in [3.63, 3.8) is 0 Å². The van der Waals surface area contributed by atoms with Crippen LogP contribution >= 0.6 is 11.3 Å². The molecule has 1 unspecified atom stereocenters. The minimum absolute atomic E-state index is 0.0525. The molecule has 10 heteroatoms. The highest BCUT2D eigenvalue weighted by Crippen LogP contribution is 2.54. The van der Waals surface area contributed by atoms with E-state index in [1.807, 2.05) is 13.0 Å². The maximum Gasteiger partial charge on any atom is 0.297 e. The van der Waals surface area contributed by atoms with E-state index < -0.39 is 28.6 Å². The Hall–Kier alpha value is -4.57. The number of aromatic nitrogens is 1. The number of hydrogen-bond acceptors (Lipinski definition) is 7. The van der Waals surface area contributed by atoms with Crippen LogP contribution in [0.25, 0.3) is 21.2 Å². The Morgan fingerprint density at radius 1 is 1.08 bits per heavy atom. The van der Waals surface area contributed by atoms with E-state index in [9.17, 15) is 18.8 Å². The molecule has 2 aliphatic heterocycles. The SMILES string of the molecule is CCOc1ccc2nc(N3C(=O)c4oc5ccc(F)cc5c(=O)c4C34C(=O)N(C)c3ccccc34)sc2c1. The second kappa shape index (κ2) is 7.72. The van der Waals surface area contributed by atoms with Gasteiger partial charge >= 0.3 is 0 Å². The number of hydrogen-bond donors (Lipinski definition) is 0. The normalized spacial score (nSPS) is 18.2. The zero-order valence-electron chi connectivity index (χ0n) is 20.1. The number of halogens is 1. The summed E-state index contributed by atoms with van der Waals surface area (Å²) in [6.45, 7) is 2.37. The molecule has 0 radical (unpaired) electrons. The van der Waals surface area contributed by atoms with Crippen LogP contribution in [0.15, 0.2) is 69.9 Å². The van der Waals surface area contributed by atoms with Gasteiger partial charge in [-0.25, -0.2) is 9.37 Å². The van der Waals surface area contributed by atoms with E-state index in [2.05, 4.69) is 4.98 Å². The van der Waals surface area contributed by atoms with E-state index in [-0.39, 0.29) is 27.4 Å². The average molecular weight is 528 g/mol. The highest BCUT2D eigenvalue weighted by molar-refractivity contribution is 7.22. The van der Waals surface area contributed by atoms with E-state index >= 15 is 0 Å². The van der Waals surface area contributed by atoms with Gasteiger partial charge in [0.2, 0.25) is 5.76 Å². The fraction of sp³-hybridized carbons (Fsp3) is 0.143. The minimum atomic E-state index is -1.87. The van der Waals surface area contributed by atoms with Crippen LogP contribution in [-0.4, -0.2) is 30.5 Å². The Balaban J connectivity index is 1.58. The Labute approximate surface area is 218 Å². The van der Waals surface area contributed by atoms with Gasteiger partial charge in [0.15, 0.2) is 16.1 Å². The summed E-state index contributed by atoms with van der Waals surface area (Å²) in [7, 11) is 1.59. The summed E-state index contributed by atoms with van der Waals surface area (Å²) in [4.78, 5) is 49.7. The number of likely N-dealkylation sites (N-methyl/N-ethyl adjacent to an activating group) is 1. The maximum absolute atomic E-state index is 14.2. The van der Waals surface area contributed by atoms with Gasteiger partial charge in [0.05, 0.1) is 27.8 Å². The Morgan fingerprint density at radius 2 is 1.89 bits per heavy atom. The van der Waals surface area contributed by atoms with E-state index in [4.69, 9.17) is 9.15 Å². The summed E-state index contributed by atoms with van der Waals surface area (Å²) >= 11 is 1.20. The first-order valence-corrected chi connectivity index (χ1v) is 12.7. The molecule has 0 aliphatic carbocycles. The predicted octanol–water partition coefficient (Wildman–Crippen LogP) is 4.82. The zero-order valence-corrected chi connectivity index (χ0v) is 21.0. The lowest BCUT2D eigenvalue weighted by Gasteiger charge is -2.31. The second-order valence-corrected chi connectivity index (χ2v) is 10.1. The first kappa shape index (κ1) is 22.6. The topological polar surface area (TPSA) is 93.0 Å². The lowest BCUT2D eigenvalue weighted by Crippen LogP contribution is -2.53. The maximum atomic E-state index is 14.2. The Bertz CT molecular complexity index is 1910. The third-order valence-electron chi connectivity index (χ3n) is 7.07. The van der Waals surface area contributed by atoms with Gasteiger partial charge in [-0.15, -0.1) is 0 Å². The summed E-state index contributed by atoms with van der Waals surface area (Å²) in [6.07, 6.45) is 0. The van der Waals surface area contributed by atoms with Gasteiger partial charge in [-0.2, -0.15) is 0 Å². The van der Waals surface area contributed by atoms with Gasteiger partial charge in [0.25, 0.3) is 11.8 Å². The molecule has 0 fully saturated rings. The molecule has 5 aromatic rings. The predicted molar refractivity (Wildman–Crippen MR) is 141 cm³/mol. The molecular formula is C28H18FN3O5S. The van der Waals surface area contributed by atoms with Crippen molar-refractivity contribution in [3.05, 3.63) is 93.6 Å².